The topological polar surface area (TPSA) is 6.48 Å². The largest absolute Gasteiger partial charge is 0.306 e. The SMILES string of the molecule is CC1C2CC(CN(C)C2)CN1C. The molecule has 0 spiro atoms. The summed E-state index contributed by atoms with van der Waals surface area (Å²) in [6.45, 7) is 6.30. The van der Waals surface area contributed by atoms with Crippen molar-refractivity contribution in [3.8, 4) is 0 Å². The van der Waals surface area contributed by atoms with Gasteiger partial charge in [0, 0.05) is 25.7 Å². The highest BCUT2D eigenvalue weighted by Crippen LogP contribution is 2.31. The van der Waals surface area contributed by atoms with Crippen molar-refractivity contribution in [3.05, 3.63) is 0 Å². The third-order valence-corrected chi connectivity index (χ3v) is 3.68. The minimum atomic E-state index is 0.795. The van der Waals surface area contributed by atoms with Crippen molar-refractivity contribution >= 4 is 0 Å². The molecule has 2 saturated heterocycles. The van der Waals surface area contributed by atoms with Gasteiger partial charge in [0.05, 0.1) is 0 Å². The summed E-state index contributed by atoms with van der Waals surface area (Å²) in [4.78, 5) is 5.04. The molecule has 3 atom stereocenters. The van der Waals surface area contributed by atoms with Gasteiger partial charge >= 0.3 is 0 Å². The van der Waals surface area contributed by atoms with Gasteiger partial charge in [-0.2, -0.15) is 0 Å². The van der Waals surface area contributed by atoms with E-state index in [4.69, 9.17) is 0 Å². The Morgan fingerprint density at radius 3 is 2.58 bits per heavy atom. The van der Waals surface area contributed by atoms with E-state index in [1.54, 1.807) is 0 Å². The molecule has 0 amide bonds. The number of rotatable bonds is 0. The summed E-state index contributed by atoms with van der Waals surface area (Å²) in [6.07, 6.45) is 1.47. The van der Waals surface area contributed by atoms with Gasteiger partial charge in [0.15, 0.2) is 0 Å². The van der Waals surface area contributed by atoms with Crippen LogP contribution >= 0.6 is 0 Å². The molecule has 0 aromatic carbocycles. The zero-order chi connectivity index (χ0) is 8.72. The lowest BCUT2D eigenvalue weighted by atomic mass is 9.80. The predicted octanol–water partition coefficient (Wildman–Crippen LogP) is 0.888. The highest BCUT2D eigenvalue weighted by molar-refractivity contribution is 4.90. The monoisotopic (exact) mass is 168 g/mol. The second-order valence-corrected chi connectivity index (χ2v) is 4.76. The normalized spacial score (nSPS) is 44.8. The summed E-state index contributed by atoms with van der Waals surface area (Å²) < 4.78 is 0. The van der Waals surface area contributed by atoms with E-state index in [1.165, 1.54) is 26.1 Å². The fourth-order valence-electron chi connectivity index (χ4n) is 2.91. The van der Waals surface area contributed by atoms with Crippen LogP contribution in [-0.2, 0) is 0 Å². The third-order valence-electron chi connectivity index (χ3n) is 3.68. The average molecular weight is 168 g/mol. The molecule has 0 aliphatic carbocycles. The van der Waals surface area contributed by atoms with E-state index in [9.17, 15) is 0 Å². The van der Waals surface area contributed by atoms with Crippen molar-refractivity contribution < 1.29 is 0 Å². The summed E-state index contributed by atoms with van der Waals surface area (Å²) in [5.74, 6) is 1.86. The summed E-state index contributed by atoms with van der Waals surface area (Å²) >= 11 is 0. The molecule has 2 rings (SSSR count). The van der Waals surface area contributed by atoms with Crippen LogP contribution in [0.25, 0.3) is 0 Å². The van der Waals surface area contributed by atoms with Crippen molar-refractivity contribution in [1.29, 1.82) is 0 Å². The van der Waals surface area contributed by atoms with Gasteiger partial charge in [0.2, 0.25) is 0 Å². The lowest BCUT2D eigenvalue weighted by Gasteiger charge is -2.47. The van der Waals surface area contributed by atoms with Crippen molar-refractivity contribution in [1.82, 2.24) is 9.80 Å². The van der Waals surface area contributed by atoms with Gasteiger partial charge < -0.3 is 9.80 Å². The molecule has 2 nitrogen and oxygen atoms in total. The highest BCUT2D eigenvalue weighted by Gasteiger charge is 2.35. The molecule has 0 aromatic heterocycles. The number of likely N-dealkylation sites (tertiary alicyclic amines) is 2. The van der Waals surface area contributed by atoms with Gasteiger partial charge in [-0.15, -0.1) is 0 Å². The molecule has 3 unspecified atom stereocenters. The van der Waals surface area contributed by atoms with Crippen LogP contribution in [0, 0.1) is 11.8 Å². The molecule has 0 radical (unpaired) electrons. The van der Waals surface area contributed by atoms with Gasteiger partial charge in [-0.1, -0.05) is 0 Å². The van der Waals surface area contributed by atoms with Crippen molar-refractivity contribution in [2.75, 3.05) is 33.7 Å². The summed E-state index contributed by atoms with van der Waals surface area (Å²) in [5, 5.41) is 0. The van der Waals surface area contributed by atoms with Crippen molar-refractivity contribution in [2.24, 2.45) is 11.8 Å². The highest BCUT2D eigenvalue weighted by atomic mass is 15.2. The number of piperidine rings is 2. The van der Waals surface area contributed by atoms with Crippen LogP contribution in [0.3, 0.4) is 0 Å². The Bertz CT molecular complexity index is 165. The van der Waals surface area contributed by atoms with Crippen LogP contribution in [0.2, 0.25) is 0 Å². The maximum Gasteiger partial charge on any atom is 0.0105 e. The third kappa shape index (κ3) is 1.38. The molecular weight excluding hydrogens is 148 g/mol. The van der Waals surface area contributed by atoms with Gasteiger partial charge in [-0.25, -0.2) is 0 Å². The Morgan fingerprint density at radius 2 is 1.83 bits per heavy atom. The zero-order valence-electron chi connectivity index (χ0n) is 8.45. The maximum absolute atomic E-state index is 2.53. The first-order chi connectivity index (χ1) is 5.66. The minimum absolute atomic E-state index is 0.795. The van der Waals surface area contributed by atoms with Gasteiger partial charge in [0.25, 0.3) is 0 Å². The van der Waals surface area contributed by atoms with Crippen LogP contribution in [0.5, 0.6) is 0 Å². The molecule has 2 aliphatic rings. The van der Waals surface area contributed by atoms with Gasteiger partial charge in [-0.3, -0.25) is 0 Å². The van der Waals surface area contributed by atoms with Crippen LogP contribution in [0.15, 0.2) is 0 Å². The molecule has 2 heteroatoms. The van der Waals surface area contributed by atoms with Crippen LogP contribution < -0.4 is 0 Å². The van der Waals surface area contributed by atoms with Crippen molar-refractivity contribution in [3.63, 3.8) is 0 Å². The smallest absolute Gasteiger partial charge is 0.0105 e. The first-order valence-corrected chi connectivity index (χ1v) is 5.05. The van der Waals surface area contributed by atoms with Crippen molar-refractivity contribution in [2.45, 2.75) is 19.4 Å². The second kappa shape index (κ2) is 3.00. The number of hydrogen-bond donors (Lipinski definition) is 0. The van der Waals surface area contributed by atoms with Gasteiger partial charge in [-0.05, 0) is 39.3 Å². The number of hydrogen-bond acceptors (Lipinski definition) is 2. The molecule has 70 valence electrons. The number of fused-ring (bicyclic) bond motifs is 2. The Balaban J connectivity index is 2.07. The Kier molecular flexibility index (Phi) is 2.13. The summed E-state index contributed by atoms with van der Waals surface area (Å²) in [5.41, 5.74) is 0. The van der Waals surface area contributed by atoms with E-state index >= 15 is 0 Å². The fraction of sp³-hybridized carbons (Fsp3) is 1.00. The van der Waals surface area contributed by atoms with E-state index < -0.39 is 0 Å². The molecular formula is C10H20N2. The van der Waals surface area contributed by atoms with E-state index in [0.29, 0.717) is 0 Å². The standard InChI is InChI=1S/C10H20N2/c1-8-10-4-9(6-12(8)3)5-11(2)7-10/h8-10H,4-7H2,1-3H3. The number of nitrogens with zero attached hydrogens (tertiary/aromatic N) is 2. The van der Waals surface area contributed by atoms with Crippen LogP contribution in [-0.4, -0.2) is 49.6 Å². The molecule has 2 fully saturated rings. The Morgan fingerprint density at radius 1 is 1.08 bits per heavy atom. The first kappa shape index (κ1) is 8.52. The quantitative estimate of drug-likeness (QED) is 0.530. The Hall–Kier alpha value is -0.0800. The van der Waals surface area contributed by atoms with Crippen LogP contribution in [0.1, 0.15) is 13.3 Å². The molecule has 2 heterocycles. The Labute approximate surface area is 75.5 Å². The fourth-order valence-corrected chi connectivity index (χ4v) is 2.91. The lowest BCUT2D eigenvalue weighted by molar-refractivity contribution is 0.0164. The molecule has 0 aromatic rings. The van der Waals surface area contributed by atoms with Crippen LogP contribution in [0.4, 0.5) is 0 Å². The second-order valence-electron chi connectivity index (χ2n) is 4.76. The molecule has 0 saturated carbocycles. The van der Waals surface area contributed by atoms with E-state index in [2.05, 4.69) is 30.8 Å². The summed E-state index contributed by atoms with van der Waals surface area (Å²) in [6, 6.07) is 0.795. The molecule has 12 heavy (non-hydrogen) atoms. The molecule has 2 bridgehead atoms. The first-order valence-electron chi connectivity index (χ1n) is 5.05. The van der Waals surface area contributed by atoms with E-state index in [0.717, 1.165) is 17.9 Å². The lowest BCUT2D eigenvalue weighted by Crippen LogP contribution is -2.54. The zero-order valence-corrected chi connectivity index (χ0v) is 8.45. The van der Waals surface area contributed by atoms with E-state index in [1.807, 2.05) is 0 Å². The molecule has 0 N–H and O–H groups in total. The predicted molar refractivity (Wildman–Crippen MR) is 51.2 cm³/mol. The molecule has 2 aliphatic heterocycles. The van der Waals surface area contributed by atoms with E-state index in [-0.39, 0.29) is 0 Å². The summed E-state index contributed by atoms with van der Waals surface area (Å²) in [7, 11) is 4.53. The minimum Gasteiger partial charge on any atom is -0.306 e. The van der Waals surface area contributed by atoms with Gasteiger partial charge in [0.1, 0.15) is 0 Å². The maximum atomic E-state index is 2.53. The average Bonchev–Trinajstić information content (AvgIpc) is 1.99.